The van der Waals surface area contributed by atoms with E-state index in [1.165, 1.54) is 22.0 Å². The largest absolute Gasteiger partial charge is 0.377 e. The highest BCUT2D eigenvalue weighted by Gasteiger charge is 2.13. The fourth-order valence-electron chi connectivity index (χ4n) is 2.39. The maximum absolute atomic E-state index is 5.85. The van der Waals surface area contributed by atoms with Crippen LogP contribution in [-0.2, 0) is 17.9 Å². The normalized spacial score (nSPS) is 11.6. The molecule has 2 N–H and O–H groups in total. The van der Waals surface area contributed by atoms with E-state index in [1.807, 2.05) is 6.92 Å². The van der Waals surface area contributed by atoms with Gasteiger partial charge in [0.05, 0.1) is 6.61 Å². The molecule has 0 aliphatic rings. The molecule has 1 heterocycles. The standard InChI is InChI=1S/C15H22N2O/c1-4-18-10-13-9-17(11(2)3)14-7-5-6-12(8-16)15(13)14/h5-7,9,11H,4,8,10,16H2,1-3H3. The highest BCUT2D eigenvalue weighted by molar-refractivity contribution is 5.87. The lowest BCUT2D eigenvalue weighted by molar-refractivity contribution is 0.135. The van der Waals surface area contributed by atoms with Crippen LogP contribution in [0.1, 0.15) is 37.9 Å². The van der Waals surface area contributed by atoms with Crippen molar-refractivity contribution in [1.29, 1.82) is 0 Å². The van der Waals surface area contributed by atoms with Crippen molar-refractivity contribution in [3.8, 4) is 0 Å². The summed E-state index contributed by atoms with van der Waals surface area (Å²) in [6.45, 7) is 8.37. The third-order valence-corrected chi connectivity index (χ3v) is 3.26. The van der Waals surface area contributed by atoms with E-state index in [9.17, 15) is 0 Å². The average Bonchev–Trinajstić information content (AvgIpc) is 2.75. The summed E-state index contributed by atoms with van der Waals surface area (Å²) >= 11 is 0. The summed E-state index contributed by atoms with van der Waals surface area (Å²) in [5, 5.41) is 1.27. The van der Waals surface area contributed by atoms with Gasteiger partial charge in [0.15, 0.2) is 0 Å². The third kappa shape index (κ3) is 2.28. The molecule has 0 atom stereocenters. The van der Waals surface area contributed by atoms with E-state index in [2.05, 4.69) is 42.8 Å². The number of aromatic nitrogens is 1. The molecule has 2 rings (SSSR count). The number of nitrogens with two attached hydrogens (primary N) is 1. The molecule has 3 nitrogen and oxygen atoms in total. The molecule has 3 heteroatoms. The molecule has 18 heavy (non-hydrogen) atoms. The number of rotatable bonds is 5. The van der Waals surface area contributed by atoms with Crippen molar-refractivity contribution in [2.45, 2.75) is 40.0 Å². The zero-order valence-corrected chi connectivity index (χ0v) is 11.4. The zero-order chi connectivity index (χ0) is 13.1. The molecular weight excluding hydrogens is 224 g/mol. The summed E-state index contributed by atoms with van der Waals surface area (Å²) in [5.41, 5.74) is 9.53. The minimum Gasteiger partial charge on any atom is -0.377 e. The van der Waals surface area contributed by atoms with Gasteiger partial charge in [0.2, 0.25) is 0 Å². The Morgan fingerprint density at radius 2 is 2.06 bits per heavy atom. The van der Waals surface area contributed by atoms with Gasteiger partial charge < -0.3 is 15.0 Å². The Morgan fingerprint density at radius 1 is 1.28 bits per heavy atom. The topological polar surface area (TPSA) is 40.2 Å². The van der Waals surface area contributed by atoms with Gasteiger partial charge in [0, 0.05) is 41.9 Å². The first-order valence-electron chi connectivity index (χ1n) is 6.58. The molecule has 0 spiro atoms. The lowest BCUT2D eigenvalue weighted by Gasteiger charge is -2.09. The number of benzene rings is 1. The molecule has 1 aromatic carbocycles. The van der Waals surface area contributed by atoms with Crippen LogP contribution in [0.5, 0.6) is 0 Å². The zero-order valence-electron chi connectivity index (χ0n) is 11.4. The Morgan fingerprint density at radius 3 is 2.67 bits per heavy atom. The van der Waals surface area contributed by atoms with E-state index in [0.29, 0.717) is 19.2 Å². The maximum Gasteiger partial charge on any atom is 0.0737 e. The Balaban J connectivity index is 2.61. The predicted octanol–water partition coefficient (Wildman–Crippen LogP) is 3.22. The maximum atomic E-state index is 5.85. The Bertz CT molecular complexity index is 529. The molecule has 1 aromatic heterocycles. The Hall–Kier alpha value is -1.32. The first kappa shape index (κ1) is 13.1. The summed E-state index contributed by atoms with van der Waals surface area (Å²) in [6.07, 6.45) is 2.20. The molecule has 0 bridgehead atoms. The van der Waals surface area contributed by atoms with Gasteiger partial charge in [0.1, 0.15) is 0 Å². The van der Waals surface area contributed by atoms with Gasteiger partial charge in [-0.15, -0.1) is 0 Å². The van der Waals surface area contributed by atoms with Gasteiger partial charge >= 0.3 is 0 Å². The SMILES string of the molecule is CCOCc1cn(C(C)C)c2cccc(CN)c12. The molecule has 0 saturated heterocycles. The van der Waals surface area contributed by atoms with Crippen LogP contribution in [0.3, 0.4) is 0 Å². The lowest BCUT2D eigenvalue weighted by Crippen LogP contribution is -2.00. The van der Waals surface area contributed by atoms with E-state index in [4.69, 9.17) is 10.5 Å². The molecule has 98 valence electrons. The number of hydrogen-bond donors (Lipinski definition) is 1. The summed E-state index contributed by atoms with van der Waals surface area (Å²) < 4.78 is 7.86. The van der Waals surface area contributed by atoms with Crippen molar-refractivity contribution < 1.29 is 4.74 Å². The summed E-state index contributed by atoms with van der Waals surface area (Å²) in [5.74, 6) is 0. The quantitative estimate of drug-likeness (QED) is 0.880. The highest BCUT2D eigenvalue weighted by Crippen LogP contribution is 2.28. The molecule has 0 unspecified atom stereocenters. The van der Waals surface area contributed by atoms with Crippen LogP contribution in [0.4, 0.5) is 0 Å². The van der Waals surface area contributed by atoms with Crippen LogP contribution >= 0.6 is 0 Å². The second-order valence-electron chi connectivity index (χ2n) is 4.81. The van der Waals surface area contributed by atoms with E-state index in [-0.39, 0.29) is 0 Å². The molecule has 0 fully saturated rings. The second kappa shape index (κ2) is 5.55. The third-order valence-electron chi connectivity index (χ3n) is 3.26. The monoisotopic (exact) mass is 246 g/mol. The van der Waals surface area contributed by atoms with Gasteiger partial charge in [-0.25, -0.2) is 0 Å². The number of ether oxygens (including phenoxy) is 1. The van der Waals surface area contributed by atoms with Gasteiger partial charge in [0.25, 0.3) is 0 Å². The first-order valence-corrected chi connectivity index (χ1v) is 6.58. The minimum absolute atomic E-state index is 0.441. The van der Waals surface area contributed by atoms with E-state index >= 15 is 0 Å². The molecule has 0 saturated carbocycles. The molecule has 2 aromatic rings. The first-order chi connectivity index (χ1) is 8.69. The van der Waals surface area contributed by atoms with Crippen LogP contribution < -0.4 is 5.73 Å². The van der Waals surface area contributed by atoms with Crippen molar-refractivity contribution >= 4 is 10.9 Å². The number of fused-ring (bicyclic) bond motifs is 1. The lowest BCUT2D eigenvalue weighted by atomic mass is 10.1. The minimum atomic E-state index is 0.441. The number of hydrogen-bond acceptors (Lipinski definition) is 2. The van der Waals surface area contributed by atoms with Crippen LogP contribution in [0.2, 0.25) is 0 Å². The van der Waals surface area contributed by atoms with Crippen LogP contribution in [-0.4, -0.2) is 11.2 Å². The van der Waals surface area contributed by atoms with Crippen molar-refractivity contribution in [2.75, 3.05) is 6.61 Å². The molecule has 0 amide bonds. The Kier molecular flexibility index (Phi) is 4.04. The van der Waals surface area contributed by atoms with Gasteiger partial charge in [-0.3, -0.25) is 0 Å². The fraction of sp³-hybridized carbons (Fsp3) is 0.467. The van der Waals surface area contributed by atoms with Crippen molar-refractivity contribution in [3.63, 3.8) is 0 Å². The smallest absolute Gasteiger partial charge is 0.0737 e. The molecule has 0 aliphatic heterocycles. The van der Waals surface area contributed by atoms with E-state index in [1.54, 1.807) is 0 Å². The fourth-order valence-corrected chi connectivity index (χ4v) is 2.39. The van der Waals surface area contributed by atoms with Gasteiger partial charge in [-0.2, -0.15) is 0 Å². The highest BCUT2D eigenvalue weighted by atomic mass is 16.5. The molecular formula is C15H22N2O. The van der Waals surface area contributed by atoms with Crippen molar-refractivity contribution in [1.82, 2.24) is 4.57 Å². The van der Waals surface area contributed by atoms with Gasteiger partial charge in [-0.1, -0.05) is 12.1 Å². The second-order valence-corrected chi connectivity index (χ2v) is 4.81. The molecule has 0 aliphatic carbocycles. The van der Waals surface area contributed by atoms with E-state index < -0.39 is 0 Å². The van der Waals surface area contributed by atoms with E-state index in [0.717, 1.165) is 6.61 Å². The predicted molar refractivity (Wildman–Crippen MR) is 75.5 cm³/mol. The van der Waals surface area contributed by atoms with Crippen molar-refractivity contribution in [3.05, 3.63) is 35.5 Å². The van der Waals surface area contributed by atoms with Gasteiger partial charge in [-0.05, 0) is 32.4 Å². The molecule has 0 radical (unpaired) electrons. The summed E-state index contributed by atoms with van der Waals surface area (Å²) in [6, 6.07) is 6.77. The van der Waals surface area contributed by atoms with Crippen LogP contribution in [0.15, 0.2) is 24.4 Å². The number of nitrogens with zero attached hydrogens (tertiary/aromatic N) is 1. The van der Waals surface area contributed by atoms with Crippen LogP contribution in [0, 0.1) is 0 Å². The Labute approximate surface area is 109 Å². The summed E-state index contributed by atoms with van der Waals surface area (Å²) in [7, 11) is 0. The summed E-state index contributed by atoms with van der Waals surface area (Å²) in [4.78, 5) is 0. The van der Waals surface area contributed by atoms with Crippen LogP contribution in [0.25, 0.3) is 10.9 Å². The van der Waals surface area contributed by atoms with Crippen molar-refractivity contribution in [2.24, 2.45) is 5.73 Å². The average molecular weight is 246 g/mol.